The van der Waals surface area contributed by atoms with Crippen LogP contribution in [0, 0.1) is 6.92 Å². The summed E-state index contributed by atoms with van der Waals surface area (Å²) < 4.78 is 0. The summed E-state index contributed by atoms with van der Waals surface area (Å²) in [5.74, 6) is 0.109. The van der Waals surface area contributed by atoms with Crippen LogP contribution in [0.15, 0.2) is 18.3 Å². The lowest BCUT2D eigenvalue weighted by atomic mass is 9.93. The van der Waals surface area contributed by atoms with E-state index in [4.69, 9.17) is 0 Å². The summed E-state index contributed by atoms with van der Waals surface area (Å²) in [4.78, 5) is 18.7. The second kappa shape index (κ2) is 7.55. The van der Waals surface area contributed by atoms with Crippen molar-refractivity contribution in [3.8, 4) is 0 Å². The Labute approximate surface area is 127 Å². The van der Waals surface area contributed by atoms with Gasteiger partial charge in [-0.05, 0) is 51.4 Å². The number of carbonyl (C=O) groups excluding carboxylic acids is 1. The van der Waals surface area contributed by atoms with Gasteiger partial charge in [0.15, 0.2) is 0 Å². The van der Waals surface area contributed by atoms with Gasteiger partial charge in [-0.3, -0.25) is 14.7 Å². The summed E-state index contributed by atoms with van der Waals surface area (Å²) in [6.07, 6.45) is 8.15. The average Bonchev–Trinajstić information content (AvgIpc) is 2.52. The van der Waals surface area contributed by atoms with Crippen LogP contribution in [0.4, 0.5) is 0 Å². The highest BCUT2D eigenvalue weighted by molar-refractivity contribution is 5.81. The Morgan fingerprint density at radius 1 is 1.43 bits per heavy atom. The molecule has 21 heavy (non-hydrogen) atoms. The first-order valence-corrected chi connectivity index (χ1v) is 7.99. The fraction of sp³-hybridized carbons (Fsp3) is 0.647. The molecule has 0 spiro atoms. The van der Waals surface area contributed by atoms with E-state index < -0.39 is 0 Å². The van der Waals surface area contributed by atoms with Crippen molar-refractivity contribution in [3.63, 3.8) is 0 Å². The molecule has 0 radical (unpaired) electrons. The number of pyridine rings is 1. The van der Waals surface area contributed by atoms with E-state index >= 15 is 0 Å². The fourth-order valence-corrected chi connectivity index (χ4v) is 3.04. The highest BCUT2D eigenvalue weighted by Gasteiger charge is 2.25. The maximum absolute atomic E-state index is 12.3. The summed E-state index contributed by atoms with van der Waals surface area (Å²) in [5, 5.41) is 3.04. The molecule has 1 heterocycles. The zero-order chi connectivity index (χ0) is 15.2. The molecule has 4 nitrogen and oxygen atoms in total. The van der Waals surface area contributed by atoms with E-state index in [1.165, 1.54) is 32.1 Å². The molecule has 1 aliphatic rings. The molecule has 1 unspecified atom stereocenters. The molecule has 116 valence electrons. The summed E-state index contributed by atoms with van der Waals surface area (Å²) in [7, 11) is 2.08. The van der Waals surface area contributed by atoms with Crippen LogP contribution in [-0.2, 0) is 11.3 Å². The van der Waals surface area contributed by atoms with Gasteiger partial charge in [-0.1, -0.05) is 19.3 Å². The monoisotopic (exact) mass is 289 g/mol. The molecule has 4 heteroatoms. The summed E-state index contributed by atoms with van der Waals surface area (Å²) in [6, 6.07) is 4.44. The molecule has 1 aromatic heterocycles. The lowest BCUT2D eigenvalue weighted by molar-refractivity contribution is -0.126. The molecule has 0 aliphatic heterocycles. The molecule has 1 saturated carbocycles. The largest absolute Gasteiger partial charge is 0.351 e. The first-order chi connectivity index (χ1) is 10.1. The minimum Gasteiger partial charge on any atom is -0.351 e. The zero-order valence-corrected chi connectivity index (χ0v) is 13.4. The van der Waals surface area contributed by atoms with Gasteiger partial charge < -0.3 is 5.32 Å². The lowest BCUT2D eigenvalue weighted by Gasteiger charge is -2.34. The molecule has 1 N–H and O–H groups in total. The van der Waals surface area contributed by atoms with Crippen molar-refractivity contribution in [1.82, 2.24) is 15.2 Å². The summed E-state index contributed by atoms with van der Waals surface area (Å²) in [6.45, 7) is 4.54. The predicted molar refractivity (Wildman–Crippen MR) is 84.9 cm³/mol. The van der Waals surface area contributed by atoms with Crippen molar-refractivity contribution in [1.29, 1.82) is 0 Å². The number of likely N-dealkylation sites (N-methyl/N-ethyl adjacent to an activating group) is 1. The third-order valence-corrected chi connectivity index (χ3v) is 4.57. The van der Waals surface area contributed by atoms with Crippen molar-refractivity contribution in [2.24, 2.45) is 0 Å². The number of nitrogens with one attached hydrogen (secondary N) is 1. The quantitative estimate of drug-likeness (QED) is 0.906. The molecule has 0 aromatic carbocycles. The van der Waals surface area contributed by atoms with Crippen molar-refractivity contribution >= 4 is 5.91 Å². The van der Waals surface area contributed by atoms with Crippen LogP contribution in [0.5, 0.6) is 0 Å². The van der Waals surface area contributed by atoms with Gasteiger partial charge in [0, 0.05) is 24.5 Å². The van der Waals surface area contributed by atoms with Crippen molar-refractivity contribution in [2.75, 3.05) is 7.05 Å². The Morgan fingerprint density at radius 3 is 2.81 bits per heavy atom. The molecule has 1 fully saturated rings. The molecular weight excluding hydrogens is 262 g/mol. The first kappa shape index (κ1) is 16.0. The number of amides is 1. The second-order valence-corrected chi connectivity index (χ2v) is 6.16. The Morgan fingerprint density at radius 2 is 2.14 bits per heavy atom. The van der Waals surface area contributed by atoms with Crippen LogP contribution < -0.4 is 5.32 Å². The molecule has 1 aromatic rings. The fourth-order valence-electron chi connectivity index (χ4n) is 3.04. The number of nitrogens with zero attached hydrogens (tertiary/aromatic N) is 2. The van der Waals surface area contributed by atoms with Crippen molar-refractivity contribution < 1.29 is 4.79 Å². The Kier molecular flexibility index (Phi) is 5.74. The number of aromatic nitrogens is 1. The van der Waals surface area contributed by atoms with Gasteiger partial charge in [0.25, 0.3) is 0 Å². The number of carbonyl (C=O) groups is 1. The van der Waals surface area contributed by atoms with E-state index in [0.717, 1.165) is 11.3 Å². The zero-order valence-electron chi connectivity index (χ0n) is 13.4. The molecule has 1 atom stereocenters. The highest BCUT2D eigenvalue weighted by Crippen LogP contribution is 2.22. The Balaban J connectivity index is 1.84. The second-order valence-electron chi connectivity index (χ2n) is 6.16. The average molecular weight is 289 g/mol. The molecular formula is C17H27N3O. The number of aryl methyl sites for hydroxylation is 1. The molecule has 0 bridgehead atoms. The number of rotatable bonds is 5. The maximum Gasteiger partial charge on any atom is 0.237 e. The van der Waals surface area contributed by atoms with Crippen molar-refractivity contribution in [2.45, 2.75) is 64.6 Å². The van der Waals surface area contributed by atoms with Crippen LogP contribution in [0.3, 0.4) is 0 Å². The molecule has 0 saturated heterocycles. The van der Waals surface area contributed by atoms with Gasteiger partial charge in [0.05, 0.1) is 6.04 Å². The summed E-state index contributed by atoms with van der Waals surface area (Å²) >= 11 is 0. The van der Waals surface area contributed by atoms with Crippen LogP contribution >= 0.6 is 0 Å². The van der Waals surface area contributed by atoms with Crippen LogP contribution in [0.25, 0.3) is 0 Å². The third-order valence-electron chi connectivity index (χ3n) is 4.57. The topological polar surface area (TPSA) is 45.2 Å². The Hall–Kier alpha value is -1.42. The third kappa shape index (κ3) is 4.53. The molecule has 2 rings (SSSR count). The van der Waals surface area contributed by atoms with Gasteiger partial charge in [-0.2, -0.15) is 0 Å². The van der Waals surface area contributed by atoms with E-state index in [1.54, 1.807) is 6.20 Å². The standard InChI is InChI=1S/C17H27N3O/c1-13-11-15(9-10-18-13)12-19-17(21)14(2)20(3)16-7-5-4-6-8-16/h9-11,14,16H,4-8,12H2,1-3H3,(H,19,21). The number of hydrogen-bond acceptors (Lipinski definition) is 3. The first-order valence-electron chi connectivity index (χ1n) is 7.99. The van der Waals surface area contributed by atoms with Gasteiger partial charge in [0.1, 0.15) is 0 Å². The van der Waals surface area contributed by atoms with Gasteiger partial charge in [-0.25, -0.2) is 0 Å². The maximum atomic E-state index is 12.3. The van der Waals surface area contributed by atoms with Gasteiger partial charge >= 0.3 is 0 Å². The van der Waals surface area contributed by atoms with E-state index in [2.05, 4.69) is 22.2 Å². The lowest BCUT2D eigenvalue weighted by Crippen LogP contribution is -2.48. The highest BCUT2D eigenvalue weighted by atomic mass is 16.2. The van der Waals surface area contributed by atoms with Crippen LogP contribution in [0.1, 0.15) is 50.3 Å². The van der Waals surface area contributed by atoms with Crippen LogP contribution in [0.2, 0.25) is 0 Å². The van der Waals surface area contributed by atoms with E-state index in [9.17, 15) is 4.79 Å². The van der Waals surface area contributed by atoms with E-state index in [1.807, 2.05) is 26.0 Å². The minimum absolute atomic E-state index is 0.0731. The van der Waals surface area contributed by atoms with Crippen LogP contribution in [-0.4, -0.2) is 34.9 Å². The van der Waals surface area contributed by atoms with Gasteiger partial charge in [0.2, 0.25) is 5.91 Å². The number of hydrogen-bond donors (Lipinski definition) is 1. The van der Waals surface area contributed by atoms with Crippen molar-refractivity contribution in [3.05, 3.63) is 29.6 Å². The molecule has 1 amide bonds. The van der Waals surface area contributed by atoms with Gasteiger partial charge in [-0.15, -0.1) is 0 Å². The molecule has 1 aliphatic carbocycles. The Bertz CT molecular complexity index is 469. The summed E-state index contributed by atoms with van der Waals surface area (Å²) in [5.41, 5.74) is 2.08. The predicted octanol–water partition coefficient (Wildman–Crippen LogP) is 2.66. The minimum atomic E-state index is -0.0731. The SMILES string of the molecule is Cc1cc(CNC(=O)C(C)N(C)C2CCCCC2)ccn1. The van der Waals surface area contributed by atoms with E-state index in [0.29, 0.717) is 12.6 Å². The van der Waals surface area contributed by atoms with E-state index in [-0.39, 0.29) is 11.9 Å². The smallest absolute Gasteiger partial charge is 0.237 e. The normalized spacial score (nSPS) is 17.7.